The highest BCUT2D eigenvalue weighted by molar-refractivity contribution is 6.36. The van der Waals surface area contributed by atoms with Crippen LogP contribution in [-0.2, 0) is 0 Å². The van der Waals surface area contributed by atoms with E-state index in [1.54, 1.807) is 12.3 Å². The Labute approximate surface area is 111 Å². The minimum absolute atomic E-state index is 0.252. The molecule has 0 saturated carbocycles. The van der Waals surface area contributed by atoms with Crippen LogP contribution >= 0.6 is 34.8 Å². The number of pyridine rings is 1. The summed E-state index contributed by atoms with van der Waals surface area (Å²) in [6, 6.07) is 1.73. The molecule has 2 atom stereocenters. The van der Waals surface area contributed by atoms with E-state index in [4.69, 9.17) is 34.8 Å². The molecule has 1 fully saturated rings. The summed E-state index contributed by atoms with van der Waals surface area (Å²) in [7, 11) is 0. The van der Waals surface area contributed by atoms with Crippen LogP contribution in [0.2, 0.25) is 10.0 Å². The van der Waals surface area contributed by atoms with Gasteiger partial charge in [0.1, 0.15) is 5.82 Å². The van der Waals surface area contributed by atoms with E-state index in [1.165, 1.54) is 0 Å². The molecule has 1 saturated heterocycles. The van der Waals surface area contributed by atoms with Crippen LogP contribution in [0.25, 0.3) is 0 Å². The summed E-state index contributed by atoms with van der Waals surface area (Å²) < 4.78 is 0. The van der Waals surface area contributed by atoms with Gasteiger partial charge in [-0.1, -0.05) is 30.1 Å². The summed E-state index contributed by atoms with van der Waals surface area (Å²) in [5.41, 5.74) is 0. The lowest BCUT2D eigenvalue weighted by Crippen LogP contribution is -2.40. The van der Waals surface area contributed by atoms with Crippen LogP contribution < -0.4 is 4.90 Å². The Morgan fingerprint density at radius 3 is 2.81 bits per heavy atom. The lowest BCUT2D eigenvalue weighted by molar-refractivity contribution is 0.452. The van der Waals surface area contributed by atoms with E-state index in [0.717, 1.165) is 25.3 Å². The number of rotatable bonds is 1. The van der Waals surface area contributed by atoms with Gasteiger partial charge >= 0.3 is 0 Å². The number of hydrogen-bond donors (Lipinski definition) is 0. The van der Waals surface area contributed by atoms with E-state index in [2.05, 4.69) is 16.8 Å². The molecule has 0 aliphatic carbocycles. The second kappa shape index (κ2) is 4.99. The summed E-state index contributed by atoms with van der Waals surface area (Å²) in [6.07, 6.45) is 2.59. The van der Waals surface area contributed by atoms with E-state index in [1.807, 2.05) is 0 Å². The van der Waals surface area contributed by atoms with Gasteiger partial charge in [0.2, 0.25) is 0 Å². The normalized spacial score (nSPS) is 25.9. The van der Waals surface area contributed by atoms with Gasteiger partial charge in [-0.2, -0.15) is 0 Å². The first-order valence-corrected chi connectivity index (χ1v) is 6.47. The fourth-order valence-electron chi connectivity index (χ4n) is 1.95. The van der Waals surface area contributed by atoms with Crippen molar-refractivity contribution in [2.75, 3.05) is 18.0 Å². The second-order valence-corrected chi connectivity index (χ2v) is 5.59. The van der Waals surface area contributed by atoms with Gasteiger partial charge in [0.15, 0.2) is 0 Å². The number of aromatic nitrogens is 1. The Kier molecular flexibility index (Phi) is 3.83. The first-order chi connectivity index (χ1) is 7.58. The van der Waals surface area contributed by atoms with Gasteiger partial charge < -0.3 is 4.90 Å². The van der Waals surface area contributed by atoms with E-state index in [9.17, 15) is 0 Å². The third-order valence-corrected chi connectivity index (χ3v) is 4.02. The molecule has 2 rings (SSSR count). The monoisotopic (exact) mass is 278 g/mol. The Morgan fingerprint density at radius 2 is 2.19 bits per heavy atom. The molecule has 0 radical (unpaired) electrons. The number of halogens is 3. The Bertz CT molecular complexity index is 383. The fraction of sp³-hybridized carbons (Fsp3) is 0.545. The third kappa shape index (κ3) is 2.55. The smallest absolute Gasteiger partial charge is 0.147 e. The third-order valence-electron chi connectivity index (χ3n) is 2.89. The molecule has 2 nitrogen and oxygen atoms in total. The summed E-state index contributed by atoms with van der Waals surface area (Å²) in [4.78, 5) is 6.45. The first-order valence-electron chi connectivity index (χ1n) is 5.28. The van der Waals surface area contributed by atoms with E-state index in [-0.39, 0.29) is 5.38 Å². The average Bonchev–Trinajstić information content (AvgIpc) is 2.22. The standard InChI is InChI=1S/C11H13Cl3N2/c1-7-6-16(3-2-9(7)13)11-10(14)4-8(12)5-15-11/h4-5,7,9H,2-3,6H2,1H3. The predicted octanol–water partition coefficient (Wildman–Crippen LogP) is 3.84. The van der Waals surface area contributed by atoms with Crippen LogP contribution in [0.3, 0.4) is 0 Å². The van der Waals surface area contributed by atoms with Crippen LogP contribution in [0.15, 0.2) is 12.3 Å². The van der Waals surface area contributed by atoms with Crippen molar-refractivity contribution < 1.29 is 0 Å². The molecule has 2 heterocycles. The van der Waals surface area contributed by atoms with Gasteiger partial charge in [-0.05, 0) is 18.4 Å². The number of nitrogens with zero attached hydrogens (tertiary/aromatic N) is 2. The van der Waals surface area contributed by atoms with Crippen molar-refractivity contribution in [3.8, 4) is 0 Å². The van der Waals surface area contributed by atoms with Gasteiger partial charge in [0.25, 0.3) is 0 Å². The highest BCUT2D eigenvalue weighted by atomic mass is 35.5. The zero-order valence-electron chi connectivity index (χ0n) is 8.96. The molecule has 1 aromatic rings. The lowest BCUT2D eigenvalue weighted by atomic mass is 10.00. The number of alkyl halides is 1. The van der Waals surface area contributed by atoms with Crippen molar-refractivity contribution in [3.05, 3.63) is 22.3 Å². The van der Waals surface area contributed by atoms with Gasteiger partial charge in [-0.25, -0.2) is 4.98 Å². The van der Waals surface area contributed by atoms with Crippen molar-refractivity contribution in [1.29, 1.82) is 0 Å². The molecule has 5 heteroatoms. The molecule has 1 aliphatic heterocycles. The maximum absolute atomic E-state index is 6.18. The number of hydrogen-bond acceptors (Lipinski definition) is 2. The number of anilines is 1. The number of piperidine rings is 1. The quantitative estimate of drug-likeness (QED) is 0.726. The molecule has 88 valence electrons. The molecule has 16 heavy (non-hydrogen) atoms. The van der Waals surface area contributed by atoms with E-state index < -0.39 is 0 Å². The summed E-state index contributed by atoms with van der Waals surface area (Å²) in [6.45, 7) is 3.93. The van der Waals surface area contributed by atoms with E-state index >= 15 is 0 Å². The largest absolute Gasteiger partial charge is 0.355 e. The maximum atomic E-state index is 6.18. The molecule has 0 aromatic carbocycles. The summed E-state index contributed by atoms with van der Waals surface area (Å²) in [5, 5.41) is 1.42. The summed E-state index contributed by atoms with van der Waals surface area (Å²) in [5.74, 6) is 1.26. The maximum Gasteiger partial charge on any atom is 0.147 e. The SMILES string of the molecule is CC1CN(c2ncc(Cl)cc2Cl)CCC1Cl. The predicted molar refractivity (Wildman–Crippen MR) is 69.9 cm³/mol. The molecule has 1 aromatic heterocycles. The zero-order valence-corrected chi connectivity index (χ0v) is 11.2. The molecule has 2 unspecified atom stereocenters. The minimum Gasteiger partial charge on any atom is -0.355 e. The molecule has 0 amide bonds. The molecule has 0 spiro atoms. The molecular formula is C11H13Cl3N2. The van der Waals surface area contributed by atoms with Crippen LogP contribution in [0.5, 0.6) is 0 Å². The van der Waals surface area contributed by atoms with Crippen LogP contribution in [0.1, 0.15) is 13.3 Å². The van der Waals surface area contributed by atoms with E-state index in [0.29, 0.717) is 16.0 Å². The van der Waals surface area contributed by atoms with Crippen LogP contribution in [0, 0.1) is 5.92 Å². The molecule has 1 aliphatic rings. The van der Waals surface area contributed by atoms with Gasteiger partial charge in [0, 0.05) is 24.7 Å². The highest BCUT2D eigenvalue weighted by Crippen LogP contribution is 2.30. The first kappa shape index (κ1) is 12.3. The van der Waals surface area contributed by atoms with Gasteiger partial charge in [-0.3, -0.25) is 0 Å². The summed E-state index contributed by atoms with van der Waals surface area (Å²) >= 11 is 18.1. The molecule has 0 N–H and O–H groups in total. The lowest BCUT2D eigenvalue weighted by Gasteiger charge is -2.35. The van der Waals surface area contributed by atoms with Crippen molar-refractivity contribution in [1.82, 2.24) is 4.98 Å². The van der Waals surface area contributed by atoms with Crippen molar-refractivity contribution >= 4 is 40.6 Å². The van der Waals surface area contributed by atoms with Gasteiger partial charge in [-0.15, -0.1) is 11.6 Å². The zero-order chi connectivity index (χ0) is 11.7. The topological polar surface area (TPSA) is 16.1 Å². The van der Waals surface area contributed by atoms with Crippen LogP contribution in [0.4, 0.5) is 5.82 Å². The van der Waals surface area contributed by atoms with Crippen LogP contribution in [-0.4, -0.2) is 23.5 Å². The Balaban J connectivity index is 2.18. The Morgan fingerprint density at radius 1 is 1.44 bits per heavy atom. The van der Waals surface area contributed by atoms with Crippen molar-refractivity contribution in [3.63, 3.8) is 0 Å². The van der Waals surface area contributed by atoms with Crippen molar-refractivity contribution in [2.45, 2.75) is 18.7 Å². The highest BCUT2D eigenvalue weighted by Gasteiger charge is 2.26. The average molecular weight is 280 g/mol. The minimum atomic E-state index is 0.252. The fourth-order valence-corrected chi connectivity index (χ4v) is 2.63. The Hall–Kier alpha value is -0.180. The molecule has 0 bridgehead atoms. The molecular weight excluding hydrogens is 266 g/mol. The van der Waals surface area contributed by atoms with Crippen molar-refractivity contribution in [2.24, 2.45) is 5.92 Å². The van der Waals surface area contributed by atoms with Gasteiger partial charge in [0.05, 0.1) is 10.0 Å². The second-order valence-electron chi connectivity index (χ2n) is 4.19.